The van der Waals surface area contributed by atoms with Crippen LogP contribution in [0.15, 0.2) is 6.20 Å². The van der Waals surface area contributed by atoms with Crippen LogP contribution in [0, 0.1) is 14.7 Å². The first-order valence-electron chi connectivity index (χ1n) is 5.52. The second-order valence-electron chi connectivity index (χ2n) is 4.35. The molecule has 0 radical (unpaired) electrons. The van der Waals surface area contributed by atoms with Gasteiger partial charge in [-0.05, 0) is 34.9 Å². The first kappa shape index (κ1) is 14.8. The number of carboxylic acids is 1. The SMILES string of the molecule is CC(C)CC(CNCc1ncc(I)s1)C(=O)O. The van der Waals surface area contributed by atoms with Crippen molar-refractivity contribution in [3.05, 3.63) is 14.1 Å². The average Bonchev–Trinajstić information content (AvgIpc) is 2.62. The molecular formula is C11H17IN2O2S. The summed E-state index contributed by atoms with van der Waals surface area (Å²) < 4.78 is 1.15. The van der Waals surface area contributed by atoms with E-state index >= 15 is 0 Å². The van der Waals surface area contributed by atoms with E-state index < -0.39 is 5.97 Å². The molecule has 0 aliphatic carbocycles. The Bertz CT molecular complexity index is 368. The van der Waals surface area contributed by atoms with Crippen molar-refractivity contribution in [2.45, 2.75) is 26.8 Å². The highest BCUT2D eigenvalue weighted by Gasteiger charge is 2.18. The van der Waals surface area contributed by atoms with Gasteiger partial charge in [-0.1, -0.05) is 13.8 Å². The van der Waals surface area contributed by atoms with Crippen molar-refractivity contribution in [1.82, 2.24) is 10.3 Å². The number of aromatic nitrogens is 1. The predicted molar refractivity (Wildman–Crippen MR) is 77.1 cm³/mol. The lowest BCUT2D eigenvalue weighted by atomic mass is 9.97. The molecular weight excluding hydrogens is 351 g/mol. The van der Waals surface area contributed by atoms with E-state index in [0.29, 0.717) is 25.4 Å². The Hall–Kier alpha value is -0.210. The minimum absolute atomic E-state index is 0.311. The van der Waals surface area contributed by atoms with Crippen molar-refractivity contribution in [3.8, 4) is 0 Å². The molecule has 4 nitrogen and oxygen atoms in total. The van der Waals surface area contributed by atoms with E-state index in [9.17, 15) is 4.79 Å². The molecule has 96 valence electrons. The molecule has 0 saturated carbocycles. The molecule has 0 spiro atoms. The normalized spacial score (nSPS) is 12.9. The zero-order valence-corrected chi connectivity index (χ0v) is 12.9. The first-order valence-corrected chi connectivity index (χ1v) is 7.42. The topological polar surface area (TPSA) is 62.2 Å². The van der Waals surface area contributed by atoms with E-state index in [2.05, 4.69) is 32.9 Å². The van der Waals surface area contributed by atoms with Gasteiger partial charge in [0.25, 0.3) is 0 Å². The number of hydrogen-bond acceptors (Lipinski definition) is 4. The lowest BCUT2D eigenvalue weighted by Crippen LogP contribution is -2.29. The van der Waals surface area contributed by atoms with E-state index in [1.165, 1.54) is 0 Å². The van der Waals surface area contributed by atoms with Crippen molar-refractivity contribution < 1.29 is 9.90 Å². The van der Waals surface area contributed by atoms with Crippen molar-refractivity contribution in [3.63, 3.8) is 0 Å². The van der Waals surface area contributed by atoms with Gasteiger partial charge in [0.2, 0.25) is 0 Å². The van der Waals surface area contributed by atoms with Crippen molar-refractivity contribution in [1.29, 1.82) is 0 Å². The summed E-state index contributed by atoms with van der Waals surface area (Å²) in [6.07, 6.45) is 2.53. The minimum atomic E-state index is -0.722. The molecule has 1 rings (SSSR count). The van der Waals surface area contributed by atoms with Crippen LogP contribution in [0.1, 0.15) is 25.3 Å². The molecule has 17 heavy (non-hydrogen) atoms. The molecule has 0 amide bonds. The highest BCUT2D eigenvalue weighted by atomic mass is 127. The average molecular weight is 368 g/mol. The van der Waals surface area contributed by atoms with Crippen LogP contribution in [0.2, 0.25) is 0 Å². The number of nitrogens with zero attached hydrogens (tertiary/aromatic N) is 1. The lowest BCUT2D eigenvalue weighted by Gasteiger charge is -2.14. The Morgan fingerprint density at radius 2 is 2.35 bits per heavy atom. The van der Waals surface area contributed by atoms with Crippen LogP contribution in [0.25, 0.3) is 0 Å². The third-order valence-electron chi connectivity index (χ3n) is 2.30. The lowest BCUT2D eigenvalue weighted by molar-refractivity contribution is -0.142. The molecule has 1 heterocycles. The Labute approximate surface area is 119 Å². The summed E-state index contributed by atoms with van der Waals surface area (Å²) >= 11 is 3.85. The maximum absolute atomic E-state index is 11.0. The molecule has 0 aromatic carbocycles. The summed E-state index contributed by atoms with van der Waals surface area (Å²) in [7, 11) is 0. The highest BCUT2D eigenvalue weighted by molar-refractivity contribution is 14.1. The van der Waals surface area contributed by atoms with E-state index in [0.717, 1.165) is 7.89 Å². The Morgan fingerprint density at radius 3 is 2.82 bits per heavy atom. The number of hydrogen-bond donors (Lipinski definition) is 2. The molecule has 1 atom stereocenters. The molecule has 1 aromatic heterocycles. The highest BCUT2D eigenvalue weighted by Crippen LogP contribution is 2.15. The summed E-state index contributed by atoms with van der Waals surface area (Å²) in [6, 6.07) is 0. The van der Waals surface area contributed by atoms with Gasteiger partial charge in [-0.3, -0.25) is 4.79 Å². The number of carboxylic acid groups (broad SMARTS) is 1. The van der Waals surface area contributed by atoms with Gasteiger partial charge >= 0.3 is 5.97 Å². The fourth-order valence-corrected chi connectivity index (χ4v) is 3.08. The molecule has 1 aromatic rings. The van der Waals surface area contributed by atoms with E-state index in [1.54, 1.807) is 11.3 Å². The largest absolute Gasteiger partial charge is 0.481 e. The molecule has 0 fully saturated rings. The smallest absolute Gasteiger partial charge is 0.307 e. The molecule has 6 heteroatoms. The predicted octanol–water partition coefficient (Wildman–Crippen LogP) is 2.58. The summed E-state index contributed by atoms with van der Waals surface area (Å²) in [5.74, 6) is -0.632. The quantitative estimate of drug-likeness (QED) is 0.727. The first-order chi connectivity index (χ1) is 7.99. The van der Waals surface area contributed by atoms with Gasteiger partial charge in [-0.2, -0.15) is 0 Å². The van der Waals surface area contributed by atoms with Gasteiger partial charge in [0.1, 0.15) is 5.01 Å². The summed E-state index contributed by atoms with van der Waals surface area (Å²) in [5.41, 5.74) is 0. The van der Waals surface area contributed by atoms with Crippen LogP contribution in [0.5, 0.6) is 0 Å². The second-order valence-corrected chi connectivity index (χ2v) is 7.36. The van der Waals surface area contributed by atoms with Crippen LogP contribution in [-0.4, -0.2) is 22.6 Å². The van der Waals surface area contributed by atoms with Gasteiger partial charge in [-0.15, -0.1) is 11.3 Å². The van der Waals surface area contributed by atoms with Crippen molar-refractivity contribution >= 4 is 39.9 Å². The molecule has 0 bridgehead atoms. The zero-order chi connectivity index (χ0) is 12.8. The summed E-state index contributed by atoms with van der Waals surface area (Å²) in [4.78, 5) is 15.2. The number of carbonyl (C=O) groups is 1. The molecule has 1 unspecified atom stereocenters. The monoisotopic (exact) mass is 368 g/mol. The van der Waals surface area contributed by atoms with Crippen LogP contribution < -0.4 is 5.32 Å². The van der Waals surface area contributed by atoms with Gasteiger partial charge < -0.3 is 10.4 Å². The zero-order valence-electron chi connectivity index (χ0n) is 9.94. The van der Waals surface area contributed by atoms with Gasteiger partial charge in [0, 0.05) is 13.1 Å². The minimum Gasteiger partial charge on any atom is -0.481 e. The van der Waals surface area contributed by atoms with E-state index in [-0.39, 0.29) is 5.92 Å². The van der Waals surface area contributed by atoms with Crippen LogP contribution in [0.4, 0.5) is 0 Å². The molecule has 0 saturated heterocycles. The van der Waals surface area contributed by atoms with E-state index in [1.807, 2.05) is 20.0 Å². The maximum atomic E-state index is 11.0. The third-order valence-corrected chi connectivity index (χ3v) is 4.02. The summed E-state index contributed by atoms with van der Waals surface area (Å²) in [5, 5.41) is 13.2. The fourth-order valence-electron chi connectivity index (χ4n) is 1.56. The standard InChI is InChI=1S/C11H17IN2O2S/c1-7(2)3-8(11(15)16)4-13-6-10-14-5-9(12)17-10/h5,7-8,13H,3-4,6H2,1-2H3,(H,15,16). The van der Waals surface area contributed by atoms with E-state index in [4.69, 9.17) is 5.11 Å². The molecule has 0 aliphatic rings. The van der Waals surface area contributed by atoms with Crippen LogP contribution >= 0.6 is 33.9 Å². The Kier molecular flexibility index (Phi) is 6.35. The number of halogens is 1. The van der Waals surface area contributed by atoms with Crippen LogP contribution in [-0.2, 0) is 11.3 Å². The number of nitrogens with one attached hydrogen (secondary N) is 1. The van der Waals surface area contributed by atoms with Crippen molar-refractivity contribution in [2.24, 2.45) is 11.8 Å². The van der Waals surface area contributed by atoms with Crippen LogP contribution in [0.3, 0.4) is 0 Å². The number of thiazole rings is 1. The molecule has 2 N–H and O–H groups in total. The Balaban J connectivity index is 2.34. The summed E-state index contributed by atoms with van der Waals surface area (Å²) in [6.45, 7) is 5.23. The Morgan fingerprint density at radius 1 is 1.65 bits per heavy atom. The molecule has 0 aliphatic heterocycles. The van der Waals surface area contributed by atoms with Gasteiger partial charge in [0.05, 0.1) is 15.0 Å². The second kappa shape index (κ2) is 7.27. The number of rotatable bonds is 7. The van der Waals surface area contributed by atoms with Crippen molar-refractivity contribution in [2.75, 3.05) is 6.54 Å². The van der Waals surface area contributed by atoms with Gasteiger partial charge in [0.15, 0.2) is 0 Å². The fraction of sp³-hybridized carbons (Fsp3) is 0.636. The van der Waals surface area contributed by atoms with Gasteiger partial charge in [-0.25, -0.2) is 4.98 Å². The maximum Gasteiger partial charge on any atom is 0.307 e. The third kappa shape index (κ3) is 5.78. The number of aliphatic carboxylic acids is 1.